The number of hydrogen-bond donors (Lipinski definition) is 2. The Morgan fingerprint density at radius 1 is 1.25 bits per heavy atom. The van der Waals surface area contributed by atoms with Crippen molar-refractivity contribution < 1.29 is 17.9 Å². The predicted octanol–water partition coefficient (Wildman–Crippen LogP) is 0.283. The van der Waals surface area contributed by atoms with Gasteiger partial charge in [0.1, 0.15) is 12.4 Å². The van der Waals surface area contributed by atoms with Crippen LogP contribution in [-0.4, -0.2) is 56.9 Å². The molecule has 11 nitrogen and oxygen atoms in total. The van der Waals surface area contributed by atoms with Crippen LogP contribution in [0.3, 0.4) is 0 Å². The van der Waals surface area contributed by atoms with Crippen LogP contribution in [0.5, 0.6) is 0 Å². The van der Waals surface area contributed by atoms with E-state index in [0.717, 1.165) is 15.5 Å². The molecule has 0 saturated carbocycles. The number of nitrogen functional groups attached to an aromatic ring is 1. The molecular formula is C20H29N5O6S. The van der Waals surface area contributed by atoms with E-state index in [-0.39, 0.29) is 31.2 Å². The second-order valence-electron chi connectivity index (χ2n) is 7.24. The molecule has 0 spiro atoms. The number of ether oxygens (including phenoxy) is 1. The summed E-state index contributed by atoms with van der Waals surface area (Å²) in [6.07, 6.45) is 1.56. The Hall–Kier alpha value is -3.12. The second-order valence-corrected chi connectivity index (χ2v) is 9.15. The zero-order valence-electron chi connectivity index (χ0n) is 18.6. The Labute approximate surface area is 186 Å². The summed E-state index contributed by atoms with van der Waals surface area (Å²) in [7, 11) is -2.41. The topological polar surface area (TPSA) is 148 Å². The fourth-order valence-corrected chi connectivity index (χ4v) is 4.17. The van der Waals surface area contributed by atoms with Gasteiger partial charge < -0.3 is 15.4 Å². The van der Waals surface area contributed by atoms with Crippen LogP contribution >= 0.6 is 0 Å². The van der Waals surface area contributed by atoms with Crippen molar-refractivity contribution in [1.82, 2.24) is 9.55 Å². The summed E-state index contributed by atoms with van der Waals surface area (Å²) in [5, 5.41) is 0. The van der Waals surface area contributed by atoms with Crippen LogP contribution in [0.15, 0.2) is 33.9 Å². The molecule has 176 valence electrons. The van der Waals surface area contributed by atoms with Crippen LogP contribution in [0.25, 0.3) is 0 Å². The first-order valence-electron chi connectivity index (χ1n) is 9.98. The number of methoxy groups -OCH3 is 1. The Bertz CT molecular complexity index is 1190. The predicted molar refractivity (Wildman–Crippen MR) is 124 cm³/mol. The van der Waals surface area contributed by atoms with Crippen molar-refractivity contribution in [2.75, 3.05) is 48.0 Å². The van der Waals surface area contributed by atoms with Gasteiger partial charge in [-0.3, -0.25) is 23.4 Å². The number of amides is 1. The normalized spacial score (nSPS) is 11.4. The van der Waals surface area contributed by atoms with Gasteiger partial charge >= 0.3 is 5.69 Å². The van der Waals surface area contributed by atoms with Gasteiger partial charge in [-0.05, 0) is 25.0 Å². The van der Waals surface area contributed by atoms with E-state index in [4.69, 9.17) is 10.5 Å². The summed E-state index contributed by atoms with van der Waals surface area (Å²) >= 11 is 0. The monoisotopic (exact) mass is 467 g/mol. The quantitative estimate of drug-likeness (QED) is 0.510. The fraction of sp³-hybridized carbons (Fsp3) is 0.450. The number of rotatable bonds is 10. The van der Waals surface area contributed by atoms with Gasteiger partial charge in [-0.15, -0.1) is 0 Å². The van der Waals surface area contributed by atoms with Crippen molar-refractivity contribution in [1.29, 1.82) is 0 Å². The highest BCUT2D eigenvalue weighted by molar-refractivity contribution is 7.92. The van der Waals surface area contributed by atoms with Crippen LogP contribution < -0.4 is 26.2 Å². The van der Waals surface area contributed by atoms with Crippen molar-refractivity contribution in [2.45, 2.75) is 26.8 Å². The fourth-order valence-electron chi connectivity index (χ4n) is 3.26. The molecule has 1 amide bonds. The minimum atomic E-state index is -3.83. The molecule has 2 rings (SSSR count). The van der Waals surface area contributed by atoms with Crippen LogP contribution in [0.4, 0.5) is 17.2 Å². The summed E-state index contributed by atoms with van der Waals surface area (Å²) in [6, 6.07) is 6.73. The Kier molecular flexibility index (Phi) is 8.22. The van der Waals surface area contributed by atoms with Gasteiger partial charge in [0.05, 0.1) is 18.6 Å². The first-order chi connectivity index (χ1) is 15.0. The standard InChI is InChI=1S/C20H29N5O6S/c1-5-10-24-18(21)17(19(27)22-20(24)28)23(11-12-31-3)16(26)13-25(32(4,29)30)15-9-7-6-8-14(15)2/h6-9H,5,10-13,21H2,1-4H3,(H,22,27,28). The van der Waals surface area contributed by atoms with E-state index < -0.39 is 33.7 Å². The van der Waals surface area contributed by atoms with Gasteiger partial charge in [0, 0.05) is 20.2 Å². The molecular weight excluding hydrogens is 438 g/mol. The molecule has 3 N–H and O–H groups in total. The number of aromatic amines is 1. The van der Waals surface area contributed by atoms with E-state index in [1.165, 1.54) is 11.7 Å². The van der Waals surface area contributed by atoms with E-state index in [1.807, 2.05) is 6.92 Å². The molecule has 0 aliphatic rings. The summed E-state index contributed by atoms with van der Waals surface area (Å²) in [4.78, 5) is 41.3. The second kappa shape index (κ2) is 10.5. The summed E-state index contributed by atoms with van der Waals surface area (Å²) < 4.78 is 32.2. The van der Waals surface area contributed by atoms with E-state index in [9.17, 15) is 22.8 Å². The Balaban J connectivity index is 2.58. The van der Waals surface area contributed by atoms with Crippen molar-refractivity contribution in [3.63, 3.8) is 0 Å². The maximum absolute atomic E-state index is 13.3. The molecule has 0 radical (unpaired) electrons. The van der Waals surface area contributed by atoms with Crippen molar-refractivity contribution in [3.8, 4) is 0 Å². The molecule has 2 aromatic rings. The number of aryl methyl sites for hydroxylation is 1. The van der Waals surface area contributed by atoms with Crippen molar-refractivity contribution in [2.24, 2.45) is 0 Å². The highest BCUT2D eigenvalue weighted by atomic mass is 32.2. The van der Waals surface area contributed by atoms with Crippen molar-refractivity contribution in [3.05, 3.63) is 50.7 Å². The van der Waals surface area contributed by atoms with E-state index in [1.54, 1.807) is 31.2 Å². The number of nitrogens with zero attached hydrogens (tertiary/aromatic N) is 3. The summed E-state index contributed by atoms with van der Waals surface area (Å²) in [5.41, 5.74) is 5.36. The minimum absolute atomic E-state index is 0.0563. The summed E-state index contributed by atoms with van der Waals surface area (Å²) in [5.74, 6) is -0.874. The molecule has 0 unspecified atom stereocenters. The molecule has 0 fully saturated rings. The molecule has 1 aromatic carbocycles. The van der Waals surface area contributed by atoms with Gasteiger partial charge in [0.2, 0.25) is 15.9 Å². The smallest absolute Gasteiger partial charge is 0.330 e. The van der Waals surface area contributed by atoms with Crippen molar-refractivity contribution >= 4 is 33.1 Å². The van der Waals surface area contributed by atoms with Crippen LogP contribution in [0, 0.1) is 6.92 Å². The van der Waals surface area contributed by atoms with Gasteiger partial charge in [0.15, 0.2) is 5.69 Å². The highest BCUT2D eigenvalue weighted by Gasteiger charge is 2.29. The van der Waals surface area contributed by atoms with E-state index in [0.29, 0.717) is 17.7 Å². The number of anilines is 3. The van der Waals surface area contributed by atoms with Gasteiger partial charge in [0.25, 0.3) is 5.56 Å². The number of benzene rings is 1. The third-order valence-corrected chi connectivity index (χ3v) is 5.94. The number of H-pyrrole nitrogens is 1. The molecule has 0 bridgehead atoms. The van der Waals surface area contributed by atoms with Crippen LogP contribution in [-0.2, 0) is 26.1 Å². The molecule has 0 aliphatic heterocycles. The highest BCUT2D eigenvalue weighted by Crippen LogP contribution is 2.23. The lowest BCUT2D eigenvalue weighted by atomic mass is 10.2. The number of sulfonamides is 1. The summed E-state index contributed by atoms with van der Waals surface area (Å²) in [6.45, 7) is 3.21. The maximum Gasteiger partial charge on any atom is 0.330 e. The third-order valence-electron chi connectivity index (χ3n) is 4.81. The lowest BCUT2D eigenvalue weighted by molar-refractivity contribution is -0.117. The largest absolute Gasteiger partial charge is 0.383 e. The van der Waals surface area contributed by atoms with Crippen LogP contribution in [0.2, 0.25) is 0 Å². The number of nitrogens with two attached hydrogens (primary N) is 1. The average molecular weight is 468 g/mol. The van der Waals surface area contributed by atoms with Gasteiger partial charge in [-0.1, -0.05) is 25.1 Å². The molecule has 0 aliphatic carbocycles. The Morgan fingerprint density at radius 3 is 2.47 bits per heavy atom. The molecule has 32 heavy (non-hydrogen) atoms. The lowest BCUT2D eigenvalue weighted by Gasteiger charge is -2.28. The molecule has 1 heterocycles. The number of hydrogen-bond acceptors (Lipinski definition) is 7. The Morgan fingerprint density at radius 2 is 1.91 bits per heavy atom. The number of carbonyl (C=O) groups excluding carboxylic acids is 1. The van der Waals surface area contributed by atoms with E-state index in [2.05, 4.69) is 4.98 Å². The molecule has 0 saturated heterocycles. The van der Waals surface area contributed by atoms with E-state index >= 15 is 0 Å². The molecule has 1 aromatic heterocycles. The number of para-hydroxylation sites is 1. The first-order valence-corrected chi connectivity index (χ1v) is 11.8. The average Bonchev–Trinajstić information content (AvgIpc) is 2.71. The number of nitrogens with one attached hydrogen (secondary N) is 1. The molecule has 0 atom stereocenters. The van der Waals surface area contributed by atoms with Gasteiger partial charge in [-0.25, -0.2) is 13.2 Å². The maximum atomic E-state index is 13.3. The lowest BCUT2D eigenvalue weighted by Crippen LogP contribution is -2.47. The first kappa shape index (κ1) is 25.1. The van der Waals surface area contributed by atoms with Crippen LogP contribution in [0.1, 0.15) is 18.9 Å². The third kappa shape index (κ3) is 5.56. The molecule has 12 heteroatoms. The zero-order valence-corrected chi connectivity index (χ0v) is 19.4. The number of carbonyl (C=O) groups is 1. The minimum Gasteiger partial charge on any atom is -0.383 e. The number of aromatic nitrogens is 2. The SMILES string of the molecule is CCCn1c(N)c(N(CCOC)C(=O)CN(c2ccccc2C)S(C)(=O)=O)c(=O)[nH]c1=O. The van der Waals surface area contributed by atoms with Gasteiger partial charge in [-0.2, -0.15) is 0 Å². The zero-order chi connectivity index (χ0) is 24.1.